The van der Waals surface area contributed by atoms with E-state index in [2.05, 4.69) is 0 Å². The highest BCUT2D eigenvalue weighted by Gasteiger charge is 2.34. The van der Waals surface area contributed by atoms with Crippen molar-refractivity contribution in [2.45, 2.75) is 12.8 Å². The summed E-state index contributed by atoms with van der Waals surface area (Å²) in [5, 5.41) is 9.95. The van der Waals surface area contributed by atoms with Gasteiger partial charge in [-0.3, -0.25) is 9.59 Å². The molecule has 0 unspecified atom stereocenters. The van der Waals surface area contributed by atoms with Crippen LogP contribution in [0.3, 0.4) is 0 Å². The molecule has 1 N–H and O–H groups in total. The Balaban J connectivity index is 2.23. The van der Waals surface area contributed by atoms with Gasteiger partial charge in [0.05, 0.1) is 12.7 Å². The van der Waals surface area contributed by atoms with Crippen LogP contribution in [0.1, 0.15) is 33.6 Å². The quantitative estimate of drug-likeness (QED) is 0.784. The van der Waals surface area contributed by atoms with Crippen molar-refractivity contribution >= 4 is 11.6 Å². The molecule has 4 heteroatoms. The number of hydrogen-bond donors (Lipinski definition) is 1. The minimum Gasteiger partial charge on any atom is -0.507 e. The van der Waals surface area contributed by atoms with E-state index in [9.17, 15) is 14.7 Å². The highest BCUT2D eigenvalue weighted by Crippen LogP contribution is 2.38. The summed E-state index contributed by atoms with van der Waals surface area (Å²) in [6.45, 7) is 0. The summed E-state index contributed by atoms with van der Waals surface area (Å²) < 4.78 is 5.03. The van der Waals surface area contributed by atoms with Crippen molar-refractivity contribution in [3.63, 3.8) is 0 Å². The van der Waals surface area contributed by atoms with E-state index in [-0.39, 0.29) is 28.4 Å². The number of carbonyl (C=O) groups excluding carboxylic acids is 2. The first-order valence-corrected chi connectivity index (χ1v) is 6.01. The van der Waals surface area contributed by atoms with Crippen molar-refractivity contribution in [3.8, 4) is 11.5 Å². The van der Waals surface area contributed by atoms with Crippen molar-refractivity contribution in [1.82, 2.24) is 0 Å². The van der Waals surface area contributed by atoms with Crippen LogP contribution >= 0.6 is 0 Å². The number of carbonyl (C=O) groups is 2. The third-order valence-electron chi connectivity index (χ3n) is 3.52. The second-order valence-electron chi connectivity index (χ2n) is 4.56. The van der Waals surface area contributed by atoms with Gasteiger partial charge in [-0.25, -0.2) is 0 Å². The predicted octanol–water partition coefficient (Wildman–Crippen LogP) is 2.43. The summed E-state index contributed by atoms with van der Waals surface area (Å²) >= 11 is 0. The average molecular weight is 256 g/mol. The summed E-state index contributed by atoms with van der Waals surface area (Å²) in [5.74, 6) is -0.279. The van der Waals surface area contributed by atoms with Gasteiger partial charge in [0.25, 0.3) is 0 Å². The van der Waals surface area contributed by atoms with Gasteiger partial charge in [-0.2, -0.15) is 0 Å². The number of phenols is 1. The lowest BCUT2D eigenvalue weighted by molar-refractivity contribution is 0.0968. The SMILES string of the molecule is COc1cc(O)c2c(c1)C(=O)C1=C(CC=CC1)C2=O. The van der Waals surface area contributed by atoms with Crippen molar-refractivity contribution in [3.05, 3.63) is 46.6 Å². The van der Waals surface area contributed by atoms with Crippen LogP contribution in [-0.4, -0.2) is 23.8 Å². The smallest absolute Gasteiger partial charge is 0.194 e. The van der Waals surface area contributed by atoms with Crippen molar-refractivity contribution in [1.29, 1.82) is 0 Å². The zero-order chi connectivity index (χ0) is 13.6. The zero-order valence-electron chi connectivity index (χ0n) is 10.4. The Labute approximate surface area is 110 Å². The molecule has 0 atom stereocenters. The molecule has 0 aliphatic heterocycles. The monoisotopic (exact) mass is 256 g/mol. The van der Waals surface area contributed by atoms with Crippen LogP contribution in [0, 0.1) is 0 Å². The molecule has 0 radical (unpaired) electrons. The van der Waals surface area contributed by atoms with Gasteiger partial charge in [-0.05, 0) is 18.9 Å². The minimum atomic E-state index is -0.255. The standard InChI is InChI=1S/C15H12O4/c1-19-8-6-11-13(12(16)7-8)15(18)10-5-3-2-4-9(10)14(11)17/h2-3,6-7,16H,4-5H2,1H3. The third-order valence-corrected chi connectivity index (χ3v) is 3.52. The van der Waals surface area contributed by atoms with E-state index >= 15 is 0 Å². The Morgan fingerprint density at radius 1 is 1.05 bits per heavy atom. The molecule has 0 aromatic heterocycles. The predicted molar refractivity (Wildman–Crippen MR) is 68.7 cm³/mol. The van der Waals surface area contributed by atoms with Gasteiger partial charge < -0.3 is 9.84 Å². The van der Waals surface area contributed by atoms with E-state index in [0.29, 0.717) is 29.7 Å². The minimum absolute atomic E-state index is 0.0971. The fourth-order valence-electron chi connectivity index (χ4n) is 2.56. The van der Waals surface area contributed by atoms with E-state index in [1.165, 1.54) is 19.2 Å². The van der Waals surface area contributed by atoms with Crippen molar-refractivity contribution < 1.29 is 19.4 Å². The number of ether oxygens (including phenoxy) is 1. The topological polar surface area (TPSA) is 63.6 Å². The Kier molecular flexibility index (Phi) is 2.52. The molecular formula is C15H12O4. The van der Waals surface area contributed by atoms with Gasteiger partial charge in [-0.1, -0.05) is 12.2 Å². The first kappa shape index (κ1) is 11.7. The lowest BCUT2D eigenvalue weighted by atomic mass is 9.79. The lowest BCUT2D eigenvalue weighted by Gasteiger charge is -2.23. The van der Waals surface area contributed by atoms with Gasteiger partial charge in [0.2, 0.25) is 0 Å². The molecule has 0 bridgehead atoms. The molecule has 0 amide bonds. The molecule has 4 nitrogen and oxygen atoms in total. The third kappa shape index (κ3) is 1.60. The van der Waals surface area contributed by atoms with Crippen LogP contribution in [0.2, 0.25) is 0 Å². The van der Waals surface area contributed by atoms with Gasteiger partial charge >= 0.3 is 0 Å². The van der Waals surface area contributed by atoms with Crippen LogP contribution in [0.15, 0.2) is 35.4 Å². The first-order chi connectivity index (χ1) is 9.13. The maximum Gasteiger partial charge on any atom is 0.194 e. The van der Waals surface area contributed by atoms with Crippen LogP contribution in [-0.2, 0) is 0 Å². The van der Waals surface area contributed by atoms with Crippen LogP contribution in [0.5, 0.6) is 11.5 Å². The number of methoxy groups -OCH3 is 1. The Bertz CT molecular complexity index is 665. The van der Waals surface area contributed by atoms with Crippen molar-refractivity contribution in [2.75, 3.05) is 7.11 Å². The molecule has 1 aromatic carbocycles. The van der Waals surface area contributed by atoms with E-state index in [4.69, 9.17) is 4.74 Å². The fourth-order valence-corrected chi connectivity index (χ4v) is 2.56. The molecule has 3 rings (SSSR count). The molecule has 0 heterocycles. The fraction of sp³-hybridized carbons (Fsp3) is 0.200. The molecule has 2 aliphatic rings. The normalized spacial score (nSPS) is 17.3. The summed E-state index contributed by atoms with van der Waals surface area (Å²) in [7, 11) is 1.45. The molecule has 1 aromatic rings. The summed E-state index contributed by atoms with van der Waals surface area (Å²) in [6, 6.07) is 2.87. The van der Waals surface area contributed by atoms with Crippen LogP contribution in [0.25, 0.3) is 0 Å². The molecule has 19 heavy (non-hydrogen) atoms. The summed E-state index contributed by atoms with van der Waals surface area (Å²) in [5.41, 5.74) is 1.36. The van der Waals surface area contributed by atoms with E-state index in [1.807, 2.05) is 12.2 Å². The van der Waals surface area contributed by atoms with Crippen LogP contribution in [0.4, 0.5) is 0 Å². The highest BCUT2D eigenvalue weighted by atomic mass is 16.5. The van der Waals surface area contributed by atoms with E-state index in [0.717, 1.165) is 0 Å². The zero-order valence-corrected chi connectivity index (χ0v) is 10.4. The average Bonchev–Trinajstić information content (AvgIpc) is 2.44. The maximum atomic E-state index is 12.4. The maximum absolute atomic E-state index is 12.4. The van der Waals surface area contributed by atoms with Gasteiger partial charge in [0.1, 0.15) is 11.5 Å². The first-order valence-electron chi connectivity index (χ1n) is 6.01. The molecule has 96 valence electrons. The van der Waals surface area contributed by atoms with Gasteiger partial charge in [0.15, 0.2) is 11.6 Å². The summed E-state index contributed by atoms with van der Waals surface area (Å²) in [4.78, 5) is 24.8. The number of rotatable bonds is 1. The molecule has 0 saturated heterocycles. The number of allylic oxidation sites excluding steroid dienone is 4. The van der Waals surface area contributed by atoms with Gasteiger partial charge in [-0.15, -0.1) is 0 Å². The summed E-state index contributed by atoms with van der Waals surface area (Å²) in [6.07, 6.45) is 4.67. The second-order valence-corrected chi connectivity index (χ2v) is 4.56. The molecule has 2 aliphatic carbocycles. The largest absolute Gasteiger partial charge is 0.507 e. The van der Waals surface area contributed by atoms with E-state index in [1.54, 1.807) is 0 Å². The molecular weight excluding hydrogens is 244 g/mol. The number of benzene rings is 1. The number of aromatic hydroxyl groups is 1. The van der Waals surface area contributed by atoms with Crippen molar-refractivity contribution in [2.24, 2.45) is 0 Å². The number of fused-ring (bicyclic) bond motifs is 1. The molecule has 0 saturated carbocycles. The number of hydrogen-bond acceptors (Lipinski definition) is 4. The lowest BCUT2D eigenvalue weighted by Crippen LogP contribution is -2.23. The second kappa shape index (κ2) is 4.09. The number of ketones is 2. The number of Topliss-reactive ketones (excluding diaryl/α,β-unsaturated/α-hetero) is 2. The van der Waals surface area contributed by atoms with Gasteiger partial charge in [0, 0.05) is 22.8 Å². The Morgan fingerprint density at radius 2 is 1.68 bits per heavy atom. The molecule has 0 fully saturated rings. The Hall–Kier alpha value is -2.36. The number of phenolic OH excluding ortho intramolecular Hbond substituents is 1. The van der Waals surface area contributed by atoms with Crippen LogP contribution < -0.4 is 4.74 Å². The van der Waals surface area contributed by atoms with E-state index < -0.39 is 0 Å². The Morgan fingerprint density at radius 3 is 2.32 bits per heavy atom. The highest BCUT2D eigenvalue weighted by molar-refractivity contribution is 6.28. The molecule has 0 spiro atoms.